The molecule has 1 N–H and O–H groups in total. The number of anilines is 1. The van der Waals surface area contributed by atoms with E-state index in [1.165, 1.54) is 0 Å². The highest BCUT2D eigenvalue weighted by Gasteiger charge is 2.14. The molecule has 0 bridgehead atoms. The van der Waals surface area contributed by atoms with E-state index >= 15 is 0 Å². The van der Waals surface area contributed by atoms with Crippen molar-refractivity contribution in [1.29, 1.82) is 0 Å². The molecule has 0 amide bonds. The van der Waals surface area contributed by atoms with Crippen LogP contribution in [0.25, 0.3) is 0 Å². The Balaban J connectivity index is 3.08. The van der Waals surface area contributed by atoms with Crippen LogP contribution in [-0.2, 0) is 5.75 Å². The minimum Gasteiger partial charge on any atom is -0.369 e. The molecule has 0 unspecified atom stereocenters. The van der Waals surface area contributed by atoms with Crippen LogP contribution in [0.1, 0.15) is 44.6 Å². The zero-order valence-corrected chi connectivity index (χ0v) is 13.9. The lowest BCUT2D eigenvalue weighted by Crippen LogP contribution is -2.11. The van der Waals surface area contributed by atoms with E-state index in [1.807, 2.05) is 0 Å². The molecule has 0 aliphatic rings. The van der Waals surface area contributed by atoms with Crippen LogP contribution in [0, 0.1) is 3.57 Å². The Hall–Kier alpha value is -0.0400. The minimum absolute atomic E-state index is 0.438. The van der Waals surface area contributed by atoms with Gasteiger partial charge in [0.15, 0.2) is 0 Å². The maximum atomic E-state index is 4.65. The van der Waals surface area contributed by atoms with Crippen molar-refractivity contribution in [2.45, 2.75) is 38.9 Å². The van der Waals surface area contributed by atoms with Gasteiger partial charge in [-0.15, -0.1) is 0 Å². The minimum atomic E-state index is 0.438. The van der Waals surface area contributed by atoms with Gasteiger partial charge < -0.3 is 5.32 Å². The highest BCUT2D eigenvalue weighted by Crippen LogP contribution is 2.25. The van der Waals surface area contributed by atoms with Gasteiger partial charge in [-0.2, -0.15) is 11.8 Å². The first-order valence-electron chi connectivity index (χ1n) is 5.89. The van der Waals surface area contributed by atoms with Crippen LogP contribution < -0.4 is 5.32 Å². The molecule has 0 aromatic carbocycles. The van der Waals surface area contributed by atoms with E-state index in [9.17, 15) is 0 Å². The van der Waals surface area contributed by atoms with Crippen molar-refractivity contribution in [3.63, 3.8) is 0 Å². The summed E-state index contributed by atoms with van der Waals surface area (Å²) in [6, 6.07) is 0. The molecule has 1 aromatic heterocycles. The van der Waals surface area contributed by atoms with Crippen LogP contribution in [0.4, 0.5) is 5.82 Å². The number of halogens is 1. The SMILES string of the molecule is CCCNc1nc(CSC)nc(C(C)C)c1I. The summed E-state index contributed by atoms with van der Waals surface area (Å²) in [6.45, 7) is 7.48. The first-order valence-corrected chi connectivity index (χ1v) is 8.36. The van der Waals surface area contributed by atoms with E-state index < -0.39 is 0 Å². The predicted octanol–water partition coefficient (Wildman–Crippen LogP) is 3.89. The number of aromatic nitrogens is 2. The highest BCUT2D eigenvalue weighted by atomic mass is 127. The maximum absolute atomic E-state index is 4.65. The summed E-state index contributed by atoms with van der Waals surface area (Å²) < 4.78 is 1.16. The number of rotatable bonds is 6. The van der Waals surface area contributed by atoms with E-state index in [0.29, 0.717) is 5.92 Å². The molecule has 17 heavy (non-hydrogen) atoms. The average Bonchev–Trinajstić information content (AvgIpc) is 2.29. The summed E-state index contributed by atoms with van der Waals surface area (Å²) in [5.41, 5.74) is 1.16. The number of hydrogen-bond acceptors (Lipinski definition) is 4. The standard InChI is InChI=1S/C12H20IN3S/c1-5-6-14-12-10(13)11(8(2)3)15-9(16-12)7-17-4/h8H,5-7H2,1-4H3,(H,14,15,16). The van der Waals surface area contributed by atoms with Gasteiger partial charge in [0.05, 0.1) is 15.0 Å². The van der Waals surface area contributed by atoms with Gasteiger partial charge in [-0.3, -0.25) is 0 Å². The molecule has 0 atom stereocenters. The van der Waals surface area contributed by atoms with Crippen molar-refractivity contribution in [2.24, 2.45) is 0 Å². The third-order valence-corrected chi connectivity index (χ3v) is 3.90. The molecule has 1 heterocycles. The van der Waals surface area contributed by atoms with Crippen molar-refractivity contribution in [1.82, 2.24) is 9.97 Å². The zero-order chi connectivity index (χ0) is 12.8. The van der Waals surface area contributed by atoms with Gasteiger partial charge in [-0.1, -0.05) is 20.8 Å². The molecule has 0 aliphatic heterocycles. The first kappa shape index (κ1) is 15.0. The number of thioether (sulfide) groups is 1. The molecule has 5 heteroatoms. The largest absolute Gasteiger partial charge is 0.369 e. The third kappa shape index (κ3) is 4.28. The monoisotopic (exact) mass is 365 g/mol. The van der Waals surface area contributed by atoms with Gasteiger partial charge >= 0.3 is 0 Å². The van der Waals surface area contributed by atoms with Crippen molar-refractivity contribution in [3.8, 4) is 0 Å². The van der Waals surface area contributed by atoms with Crippen molar-refractivity contribution in [2.75, 3.05) is 18.1 Å². The molecule has 1 aromatic rings. The smallest absolute Gasteiger partial charge is 0.143 e. The maximum Gasteiger partial charge on any atom is 0.143 e. The Bertz CT molecular complexity index is 369. The molecule has 0 fully saturated rings. The molecule has 0 aliphatic carbocycles. The van der Waals surface area contributed by atoms with E-state index in [0.717, 1.165) is 39.6 Å². The van der Waals surface area contributed by atoms with E-state index in [4.69, 9.17) is 0 Å². The third-order valence-electron chi connectivity index (χ3n) is 2.29. The van der Waals surface area contributed by atoms with E-state index in [2.05, 4.69) is 64.9 Å². The fourth-order valence-corrected chi connectivity index (χ4v) is 2.89. The van der Waals surface area contributed by atoms with Crippen LogP contribution >= 0.6 is 34.4 Å². The van der Waals surface area contributed by atoms with Gasteiger partial charge in [0.25, 0.3) is 0 Å². The molecule has 0 spiro atoms. The van der Waals surface area contributed by atoms with Gasteiger partial charge in [-0.25, -0.2) is 9.97 Å². The van der Waals surface area contributed by atoms with Gasteiger partial charge in [0, 0.05) is 6.54 Å². The Kier molecular flexibility index (Phi) is 6.54. The first-order chi connectivity index (χ1) is 8.10. The van der Waals surface area contributed by atoms with E-state index in [-0.39, 0.29) is 0 Å². The van der Waals surface area contributed by atoms with Crippen molar-refractivity contribution >= 4 is 40.2 Å². The van der Waals surface area contributed by atoms with Crippen LogP contribution in [0.2, 0.25) is 0 Å². The normalized spacial score (nSPS) is 10.9. The summed E-state index contributed by atoms with van der Waals surface area (Å²) >= 11 is 4.10. The summed E-state index contributed by atoms with van der Waals surface area (Å²) in [7, 11) is 0. The summed E-state index contributed by atoms with van der Waals surface area (Å²) in [5.74, 6) is 3.24. The molecule has 0 saturated heterocycles. The average molecular weight is 365 g/mol. The summed E-state index contributed by atoms with van der Waals surface area (Å²) in [5, 5.41) is 3.39. The van der Waals surface area contributed by atoms with Gasteiger partial charge in [0.2, 0.25) is 0 Å². The van der Waals surface area contributed by atoms with Crippen LogP contribution in [0.3, 0.4) is 0 Å². The second-order valence-corrected chi connectivity index (χ2v) is 6.15. The lowest BCUT2D eigenvalue weighted by atomic mass is 10.1. The predicted molar refractivity (Wildman–Crippen MR) is 84.8 cm³/mol. The van der Waals surface area contributed by atoms with Crippen LogP contribution in [0.15, 0.2) is 0 Å². The fraction of sp³-hybridized carbons (Fsp3) is 0.667. The van der Waals surface area contributed by atoms with Crippen molar-refractivity contribution in [3.05, 3.63) is 15.1 Å². The molecule has 0 radical (unpaired) electrons. The number of nitrogens with one attached hydrogen (secondary N) is 1. The second kappa shape index (κ2) is 7.41. The molecule has 3 nitrogen and oxygen atoms in total. The number of hydrogen-bond donors (Lipinski definition) is 1. The quantitative estimate of drug-likeness (QED) is 0.777. The van der Waals surface area contributed by atoms with Crippen LogP contribution in [0.5, 0.6) is 0 Å². The van der Waals surface area contributed by atoms with Crippen molar-refractivity contribution < 1.29 is 0 Å². The Morgan fingerprint density at radius 2 is 2.06 bits per heavy atom. The fourth-order valence-electron chi connectivity index (χ4n) is 1.45. The Morgan fingerprint density at radius 3 is 2.59 bits per heavy atom. The second-order valence-electron chi connectivity index (χ2n) is 4.20. The lowest BCUT2D eigenvalue weighted by Gasteiger charge is -2.14. The molecular weight excluding hydrogens is 345 g/mol. The zero-order valence-electron chi connectivity index (χ0n) is 10.9. The summed E-state index contributed by atoms with van der Waals surface area (Å²) in [6.07, 6.45) is 3.18. The Morgan fingerprint density at radius 1 is 1.35 bits per heavy atom. The molecular formula is C12H20IN3S. The lowest BCUT2D eigenvalue weighted by molar-refractivity contribution is 0.789. The molecule has 0 saturated carbocycles. The van der Waals surface area contributed by atoms with E-state index in [1.54, 1.807) is 11.8 Å². The van der Waals surface area contributed by atoms with Gasteiger partial charge in [0.1, 0.15) is 11.6 Å². The molecule has 96 valence electrons. The number of nitrogens with zero attached hydrogens (tertiary/aromatic N) is 2. The van der Waals surface area contributed by atoms with Gasteiger partial charge in [-0.05, 0) is 41.2 Å². The summed E-state index contributed by atoms with van der Waals surface area (Å²) in [4.78, 5) is 9.24. The van der Waals surface area contributed by atoms with Crippen LogP contribution in [-0.4, -0.2) is 22.8 Å². The topological polar surface area (TPSA) is 37.8 Å². The Labute approximate surface area is 122 Å². The molecule has 1 rings (SSSR count). The highest BCUT2D eigenvalue weighted by molar-refractivity contribution is 14.1.